The van der Waals surface area contributed by atoms with Crippen molar-refractivity contribution in [2.45, 2.75) is 24.6 Å². The van der Waals surface area contributed by atoms with Crippen molar-refractivity contribution in [2.75, 3.05) is 25.2 Å². The van der Waals surface area contributed by atoms with Gasteiger partial charge in [0.25, 0.3) is 0 Å². The van der Waals surface area contributed by atoms with Gasteiger partial charge in [-0.3, -0.25) is 25.1 Å². The molecule has 4 rings (SSSR count). The van der Waals surface area contributed by atoms with Crippen LogP contribution >= 0.6 is 23.4 Å². The molecule has 2 aliphatic rings. The first-order valence-electron chi connectivity index (χ1n) is 10.6. The van der Waals surface area contributed by atoms with Gasteiger partial charge in [-0.1, -0.05) is 29.8 Å². The molecule has 0 saturated carbocycles. The van der Waals surface area contributed by atoms with E-state index in [2.05, 4.69) is 16.0 Å². The predicted octanol–water partition coefficient (Wildman–Crippen LogP) is 3.14. The topological polar surface area (TPSA) is 93.8 Å². The fourth-order valence-corrected chi connectivity index (χ4v) is 5.37. The maximum Gasteiger partial charge on any atom is 0.327 e. The van der Waals surface area contributed by atoms with Gasteiger partial charge in [-0.15, -0.1) is 11.8 Å². The van der Waals surface area contributed by atoms with Gasteiger partial charge in [0.2, 0.25) is 11.8 Å². The second-order valence-corrected chi connectivity index (χ2v) is 9.86. The number of benzene rings is 2. The zero-order valence-corrected chi connectivity index (χ0v) is 20.4. The molecule has 180 valence electrons. The Kier molecular flexibility index (Phi) is 7.13. The number of hydrogen-bond acceptors (Lipinski definition) is 6. The molecule has 4 atom stereocenters. The van der Waals surface area contributed by atoms with E-state index in [9.17, 15) is 18.8 Å². The lowest BCUT2D eigenvalue weighted by atomic mass is 9.96. The maximum atomic E-state index is 13.4. The van der Waals surface area contributed by atoms with E-state index in [-0.39, 0.29) is 23.4 Å². The second kappa shape index (κ2) is 9.91. The van der Waals surface area contributed by atoms with Crippen molar-refractivity contribution in [2.24, 2.45) is 5.92 Å². The van der Waals surface area contributed by atoms with Gasteiger partial charge in [0.15, 0.2) is 0 Å². The van der Waals surface area contributed by atoms with E-state index in [1.165, 1.54) is 35.8 Å². The highest BCUT2D eigenvalue weighted by Gasteiger charge is 2.51. The van der Waals surface area contributed by atoms with Gasteiger partial charge in [-0.05, 0) is 42.3 Å². The van der Waals surface area contributed by atoms with E-state index in [1.54, 1.807) is 31.3 Å². The van der Waals surface area contributed by atoms with Crippen LogP contribution in [0.1, 0.15) is 17.3 Å². The lowest BCUT2D eigenvalue weighted by molar-refractivity contribution is -0.140. The summed E-state index contributed by atoms with van der Waals surface area (Å²) >= 11 is 7.41. The van der Waals surface area contributed by atoms with E-state index in [0.717, 1.165) is 16.0 Å². The highest BCUT2D eigenvalue weighted by molar-refractivity contribution is 8.00. The van der Waals surface area contributed by atoms with E-state index in [4.69, 9.17) is 11.6 Å². The van der Waals surface area contributed by atoms with Crippen molar-refractivity contribution in [1.82, 2.24) is 20.4 Å². The van der Waals surface area contributed by atoms with E-state index < -0.39 is 29.7 Å². The number of imide groups is 1. The number of thioether (sulfide) groups is 1. The van der Waals surface area contributed by atoms with Crippen LogP contribution in [0.3, 0.4) is 0 Å². The first-order chi connectivity index (χ1) is 16.2. The summed E-state index contributed by atoms with van der Waals surface area (Å²) in [6.07, 6.45) is -1.05. The molecule has 2 aromatic rings. The predicted molar refractivity (Wildman–Crippen MR) is 130 cm³/mol. The summed E-state index contributed by atoms with van der Waals surface area (Å²) in [6, 6.07) is 10.8. The number of amides is 4. The molecule has 0 aliphatic carbocycles. The van der Waals surface area contributed by atoms with Crippen molar-refractivity contribution < 1.29 is 18.8 Å². The third-order valence-corrected chi connectivity index (χ3v) is 7.63. The van der Waals surface area contributed by atoms with Crippen molar-refractivity contribution in [3.63, 3.8) is 0 Å². The number of halogens is 2. The summed E-state index contributed by atoms with van der Waals surface area (Å²) in [5, 5.41) is 9.53. The number of aryl methyl sites for hydroxylation is 1. The fraction of sp³-hybridized carbons (Fsp3) is 0.348. The third-order valence-electron chi connectivity index (χ3n) is 6.01. The Bertz CT molecular complexity index is 1120. The average molecular weight is 506 g/mol. The normalized spacial score (nSPS) is 24.7. The highest BCUT2D eigenvalue weighted by Crippen LogP contribution is 2.34. The van der Waals surface area contributed by atoms with Crippen LogP contribution in [-0.2, 0) is 9.59 Å². The average Bonchev–Trinajstić information content (AvgIpc) is 2.82. The Hall–Kier alpha value is -2.66. The summed E-state index contributed by atoms with van der Waals surface area (Å²) in [4.78, 5) is 40.8. The maximum absolute atomic E-state index is 13.4. The van der Waals surface area contributed by atoms with Crippen LogP contribution in [0.2, 0.25) is 5.02 Å². The van der Waals surface area contributed by atoms with Crippen LogP contribution in [0.15, 0.2) is 42.5 Å². The molecule has 2 saturated heterocycles. The molecule has 0 aromatic heterocycles. The smallest absolute Gasteiger partial charge is 0.325 e. The van der Waals surface area contributed by atoms with Crippen molar-refractivity contribution in [1.29, 1.82) is 0 Å². The Labute approximate surface area is 206 Å². The molecule has 2 heterocycles. The minimum Gasteiger partial charge on any atom is -0.325 e. The lowest BCUT2D eigenvalue weighted by Crippen LogP contribution is -2.72. The molecule has 4 unspecified atom stereocenters. The number of carbonyl (C=O) groups excluding carboxylic acids is 3. The van der Waals surface area contributed by atoms with E-state index in [1.807, 2.05) is 13.0 Å². The second-order valence-electron chi connectivity index (χ2n) is 8.32. The van der Waals surface area contributed by atoms with Gasteiger partial charge in [0, 0.05) is 24.8 Å². The molecule has 11 heteroatoms. The van der Waals surface area contributed by atoms with Crippen LogP contribution < -0.4 is 16.0 Å². The zero-order valence-electron chi connectivity index (χ0n) is 18.8. The van der Waals surface area contributed by atoms with Gasteiger partial charge < -0.3 is 10.2 Å². The van der Waals surface area contributed by atoms with Gasteiger partial charge in [-0.25, -0.2) is 9.18 Å². The number of fused-ring (bicyclic) bond motifs is 1. The van der Waals surface area contributed by atoms with E-state index in [0.29, 0.717) is 10.7 Å². The minimum absolute atomic E-state index is 0.0666. The highest BCUT2D eigenvalue weighted by atomic mass is 35.5. The number of rotatable bonds is 5. The Morgan fingerprint density at radius 3 is 2.53 bits per heavy atom. The summed E-state index contributed by atoms with van der Waals surface area (Å²) in [7, 11) is 3.07. The summed E-state index contributed by atoms with van der Waals surface area (Å²) < 4.78 is 13.4. The van der Waals surface area contributed by atoms with Crippen molar-refractivity contribution in [3.05, 3.63) is 64.4 Å². The molecule has 0 spiro atoms. The van der Waals surface area contributed by atoms with Crippen LogP contribution in [0.25, 0.3) is 0 Å². The molecule has 4 amide bonds. The number of hydrogen-bond donors (Lipinski definition) is 3. The van der Waals surface area contributed by atoms with Gasteiger partial charge in [0.1, 0.15) is 5.82 Å². The first kappa shape index (κ1) is 24.5. The molecule has 8 nitrogen and oxygen atoms in total. The number of nitrogens with zero attached hydrogens (tertiary/aromatic N) is 2. The monoisotopic (exact) mass is 505 g/mol. The van der Waals surface area contributed by atoms with Gasteiger partial charge in [-0.2, -0.15) is 0 Å². The Balaban J connectivity index is 1.52. The molecule has 2 aliphatic heterocycles. The SMILES string of the molecule is Cc1ccc(NC(=O)CSC2NC(c3ccc(F)cc3)NC3C2C(=O)N(C)C(=O)N3C)cc1Cl. The van der Waals surface area contributed by atoms with E-state index >= 15 is 0 Å². The molecule has 3 N–H and O–H groups in total. The van der Waals surface area contributed by atoms with Crippen LogP contribution in [0, 0.1) is 18.7 Å². The number of anilines is 1. The molecule has 34 heavy (non-hydrogen) atoms. The quantitative estimate of drug-likeness (QED) is 0.578. The first-order valence-corrected chi connectivity index (χ1v) is 12.1. The Morgan fingerprint density at radius 2 is 1.85 bits per heavy atom. The number of urea groups is 1. The summed E-state index contributed by atoms with van der Waals surface area (Å²) in [5.74, 6) is -1.51. The molecule has 0 bridgehead atoms. The van der Waals surface area contributed by atoms with Crippen LogP contribution in [0.5, 0.6) is 0 Å². The molecular weight excluding hydrogens is 481 g/mol. The largest absolute Gasteiger partial charge is 0.327 e. The summed E-state index contributed by atoms with van der Waals surface area (Å²) in [5.41, 5.74) is 2.24. The van der Waals surface area contributed by atoms with Gasteiger partial charge >= 0.3 is 6.03 Å². The van der Waals surface area contributed by atoms with Crippen LogP contribution in [-0.4, -0.2) is 59.0 Å². The minimum atomic E-state index is -0.629. The van der Waals surface area contributed by atoms with Gasteiger partial charge in [0.05, 0.1) is 29.4 Å². The third kappa shape index (κ3) is 4.90. The lowest BCUT2D eigenvalue weighted by Gasteiger charge is -2.50. The van der Waals surface area contributed by atoms with Crippen molar-refractivity contribution in [3.8, 4) is 0 Å². The molecule has 2 fully saturated rings. The Morgan fingerprint density at radius 1 is 1.15 bits per heavy atom. The molecule has 0 radical (unpaired) electrons. The molecular formula is C23H25ClFN5O3S. The summed E-state index contributed by atoms with van der Waals surface area (Å²) in [6.45, 7) is 1.88. The number of nitrogens with one attached hydrogen (secondary N) is 3. The van der Waals surface area contributed by atoms with Crippen molar-refractivity contribution >= 4 is 46.9 Å². The molecule has 2 aromatic carbocycles. The zero-order chi connectivity index (χ0) is 24.6. The standard InChI is InChI=1S/C23H25ClFN5O3S/c1-12-4-9-15(10-16(12)24)26-17(31)11-34-21-18-20(29(2)23(33)30(3)22(18)32)27-19(28-21)13-5-7-14(25)8-6-13/h4-10,18-21,27-28H,11H2,1-3H3,(H,26,31). The fourth-order valence-electron chi connectivity index (χ4n) is 4.08. The number of carbonyl (C=O) groups is 3. The van der Waals surface area contributed by atoms with Crippen LogP contribution in [0.4, 0.5) is 14.9 Å².